The summed E-state index contributed by atoms with van der Waals surface area (Å²) in [5.41, 5.74) is -0.937. The molecule has 0 heterocycles. The molecular formula is C9H22CaNO5P. The predicted molar refractivity (Wildman–Crippen MR) is 71.2 cm³/mol. The summed E-state index contributed by atoms with van der Waals surface area (Å²) in [6.07, 6.45) is -1.55. The monoisotopic (exact) mass is 295 g/mol. The normalized spacial score (nSPS) is 11.8. The van der Waals surface area contributed by atoms with Crippen LogP contribution in [-0.2, 0) is 9.59 Å². The predicted octanol–water partition coefficient (Wildman–Crippen LogP) is -1.14. The summed E-state index contributed by atoms with van der Waals surface area (Å²) < 4.78 is 0. The van der Waals surface area contributed by atoms with E-state index >= 15 is 0 Å². The van der Waals surface area contributed by atoms with Crippen molar-refractivity contribution in [1.29, 1.82) is 0 Å². The number of amides is 1. The molecule has 8 heteroatoms. The minimum Gasteiger partial charge on any atom is -1.00 e. The van der Waals surface area contributed by atoms with E-state index in [1.165, 1.54) is 13.8 Å². The van der Waals surface area contributed by atoms with Gasteiger partial charge in [0.25, 0.3) is 0 Å². The van der Waals surface area contributed by atoms with Gasteiger partial charge in [0.15, 0.2) is 0 Å². The molecule has 0 fully saturated rings. The molecule has 0 aliphatic rings. The maximum atomic E-state index is 11.3. The molecule has 6 nitrogen and oxygen atoms in total. The summed E-state index contributed by atoms with van der Waals surface area (Å²) >= 11 is 0. The van der Waals surface area contributed by atoms with Gasteiger partial charge in [0.05, 0.1) is 13.0 Å². The van der Waals surface area contributed by atoms with Gasteiger partial charge in [-0.3, -0.25) is 9.59 Å². The molecule has 0 saturated heterocycles. The first kappa shape index (κ1) is 22.7. The van der Waals surface area contributed by atoms with Gasteiger partial charge in [-0.15, -0.1) is 0 Å². The number of nitrogens with one attached hydrogen (secondary N) is 1. The third-order valence-electron chi connectivity index (χ3n) is 2.03. The standard InChI is InChI=1S/C9H17NO5.Ca.H3P.2H/c1-9(2,5-11)7(14)8(15)10-4-3-6(12)13;;;;/h7,11,14H,3-5H2,1-2H3,(H,10,15)(H,12,13);;1H3;;/q;+2;;2*-1/t7-;;;;/m0..../s1. The minimum atomic E-state index is -1.35. The number of hydrogen-bond donors (Lipinski definition) is 4. The van der Waals surface area contributed by atoms with Crippen molar-refractivity contribution in [3.63, 3.8) is 0 Å². The van der Waals surface area contributed by atoms with Crippen LogP contribution in [0, 0.1) is 5.41 Å². The number of carbonyl (C=O) groups is 2. The van der Waals surface area contributed by atoms with Crippen LogP contribution in [-0.4, -0.2) is 84.2 Å². The quantitative estimate of drug-likeness (QED) is 0.366. The van der Waals surface area contributed by atoms with Crippen LogP contribution in [0.2, 0.25) is 0 Å². The average molecular weight is 295 g/mol. The Bertz CT molecular complexity index is 259. The van der Waals surface area contributed by atoms with E-state index in [0.717, 1.165) is 0 Å². The SMILES string of the molecule is CC(C)(CO)[C@@H](O)C(=O)NCCC(=O)O.P.[Ca+2].[H-].[H-]. The van der Waals surface area contributed by atoms with Crippen LogP contribution in [0.5, 0.6) is 0 Å². The Balaban J connectivity index is -0.000000163. The Morgan fingerprint density at radius 1 is 1.41 bits per heavy atom. The Morgan fingerprint density at radius 2 is 1.88 bits per heavy atom. The van der Waals surface area contributed by atoms with Crippen molar-refractivity contribution in [2.24, 2.45) is 5.41 Å². The first-order valence-electron chi connectivity index (χ1n) is 4.59. The topological polar surface area (TPSA) is 107 Å². The van der Waals surface area contributed by atoms with Crippen LogP contribution >= 0.6 is 9.90 Å². The van der Waals surface area contributed by atoms with Gasteiger partial charge in [-0.2, -0.15) is 9.90 Å². The third-order valence-corrected chi connectivity index (χ3v) is 2.03. The van der Waals surface area contributed by atoms with Crippen molar-refractivity contribution in [2.75, 3.05) is 13.2 Å². The smallest absolute Gasteiger partial charge is 1.00 e. The van der Waals surface area contributed by atoms with Crippen molar-refractivity contribution in [1.82, 2.24) is 5.32 Å². The van der Waals surface area contributed by atoms with E-state index in [0.29, 0.717) is 0 Å². The van der Waals surface area contributed by atoms with Crippen LogP contribution in [0.15, 0.2) is 0 Å². The Kier molecular flexibility index (Phi) is 14.0. The minimum absolute atomic E-state index is 0. The van der Waals surface area contributed by atoms with Crippen LogP contribution < -0.4 is 5.32 Å². The molecule has 0 aromatic heterocycles. The molecule has 0 radical (unpaired) electrons. The summed E-state index contributed by atoms with van der Waals surface area (Å²) in [5.74, 6) is -1.69. The molecule has 0 aromatic carbocycles. The van der Waals surface area contributed by atoms with E-state index in [9.17, 15) is 14.7 Å². The van der Waals surface area contributed by atoms with Crippen LogP contribution in [0.1, 0.15) is 23.1 Å². The van der Waals surface area contributed by atoms with Crippen molar-refractivity contribution in [3.8, 4) is 0 Å². The van der Waals surface area contributed by atoms with Crippen molar-refractivity contribution >= 4 is 59.5 Å². The zero-order valence-electron chi connectivity index (χ0n) is 12.3. The number of rotatable bonds is 6. The van der Waals surface area contributed by atoms with Gasteiger partial charge >= 0.3 is 43.7 Å². The zero-order chi connectivity index (χ0) is 12.1. The molecule has 0 spiro atoms. The third kappa shape index (κ3) is 9.17. The Labute approximate surface area is 137 Å². The number of aliphatic hydroxyl groups is 2. The van der Waals surface area contributed by atoms with E-state index in [-0.39, 0.29) is 70.1 Å². The van der Waals surface area contributed by atoms with Gasteiger partial charge in [-0.05, 0) is 0 Å². The first-order chi connectivity index (χ1) is 6.81. The second-order valence-corrected chi connectivity index (χ2v) is 3.98. The van der Waals surface area contributed by atoms with E-state index < -0.39 is 23.4 Å². The molecule has 1 amide bonds. The van der Waals surface area contributed by atoms with Crippen LogP contribution in [0.25, 0.3) is 0 Å². The maximum absolute atomic E-state index is 11.3. The Hall–Kier alpha value is 0.550. The molecule has 4 N–H and O–H groups in total. The van der Waals surface area contributed by atoms with Crippen molar-refractivity contribution in [2.45, 2.75) is 26.4 Å². The summed E-state index contributed by atoms with van der Waals surface area (Å²) in [7, 11) is 0. The van der Waals surface area contributed by atoms with Crippen LogP contribution in [0.4, 0.5) is 0 Å². The van der Waals surface area contributed by atoms with Gasteiger partial charge < -0.3 is 23.5 Å². The first-order valence-corrected chi connectivity index (χ1v) is 4.59. The summed E-state index contributed by atoms with van der Waals surface area (Å²) in [4.78, 5) is 21.4. The van der Waals surface area contributed by atoms with Crippen molar-refractivity contribution in [3.05, 3.63) is 0 Å². The molecule has 0 aromatic rings. The Morgan fingerprint density at radius 3 is 2.24 bits per heavy atom. The molecule has 0 aliphatic heterocycles. The largest absolute Gasteiger partial charge is 2.00 e. The molecule has 0 saturated carbocycles. The number of aliphatic carboxylic acids is 1. The summed E-state index contributed by atoms with van der Waals surface area (Å²) in [5, 5.41) is 29.0. The van der Waals surface area contributed by atoms with Gasteiger partial charge in [0.2, 0.25) is 5.91 Å². The fourth-order valence-electron chi connectivity index (χ4n) is 0.831. The number of carbonyl (C=O) groups excluding carboxylic acids is 1. The average Bonchev–Trinajstić information content (AvgIpc) is 2.15. The van der Waals surface area contributed by atoms with Gasteiger partial charge in [-0.25, -0.2) is 0 Å². The molecule has 0 bridgehead atoms. The fourth-order valence-corrected chi connectivity index (χ4v) is 0.831. The second kappa shape index (κ2) is 10.5. The maximum Gasteiger partial charge on any atom is 2.00 e. The van der Waals surface area contributed by atoms with Gasteiger partial charge in [0, 0.05) is 12.0 Å². The van der Waals surface area contributed by atoms with E-state index in [4.69, 9.17) is 10.2 Å². The van der Waals surface area contributed by atoms with E-state index in [1.54, 1.807) is 0 Å². The molecule has 17 heavy (non-hydrogen) atoms. The fraction of sp³-hybridized carbons (Fsp3) is 0.778. The number of carboxylic acids is 1. The second-order valence-electron chi connectivity index (χ2n) is 3.98. The molecule has 100 valence electrons. The molecule has 0 aliphatic carbocycles. The summed E-state index contributed by atoms with van der Waals surface area (Å²) in [6.45, 7) is 2.70. The summed E-state index contributed by atoms with van der Waals surface area (Å²) in [6, 6.07) is 0. The van der Waals surface area contributed by atoms with Crippen molar-refractivity contribution < 1.29 is 27.8 Å². The van der Waals surface area contributed by atoms with Gasteiger partial charge in [-0.1, -0.05) is 13.8 Å². The molecule has 2 atom stereocenters. The van der Waals surface area contributed by atoms with E-state index in [1.807, 2.05) is 0 Å². The molecule has 0 rings (SSSR count). The zero-order valence-corrected chi connectivity index (χ0v) is 13.9. The van der Waals surface area contributed by atoms with E-state index in [2.05, 4.69) is 5.32 Å². The number of hydrogen-bond acceptors (Lipinski definition) is 4. The molecular weight excluding hydrogens is 273 g/mol. The number of carboxylic acid groups (broad SMARTS) is 1. The molecule has 1 unspecified atom stereocenters. The number of aliphatic hydroxyl groups excluding tert-OH is 2. The van der Waals surface area contributed by atoms with Crippen LogP contribution in [0.3, 0.4) is 0 Å². The van der Waals surface area contributed by atoms with Gasteiger partial charge in [0.1, 0.15) is 6.10 Å².